The van der Waals surface area contributed by atoms with Crippen molar-refractivity contribution in [2.45, 2.75) is 32.7 Å². The molecule has 1 aromatic rings. The molecule has 90 valence electrons. The number of nitrogens with zero attached hydrogens (tertiary/aromatic N) is 2. The summed E-state index contributed by atoms with van der Waals surface area (Å²) in [5, 5.41) is 0.926. The van der Waals surface area contributed by atoms with Crippen LogP contribution in [0.15, 0.2) is 6.07 Å². The van der Waals surface area contributed by atoms with Crippen LogP contribution in [0, 0.1) is 0 Å². The second-order valence-corrected chi connectivity index (χ2v) is 4.72. The second kappa shape index (κ2) is 5.60. The van der Waals surface area contributed by atoms with Gasteiger partial charge in [-0.25, -0.2) is 4.98 Å². The van der Waals surface area contributed by atoms with Crippen LogP contribution in [0.5, 0.6) is 0 Å². The Labute approximate surface area is 107 Å². The molecule has 0 bridgehead atoms. The molecule has 0 spiro atoms. The van der Waals surface area contributed by atoms with Gasteiger partial charge in [0, 0.05) is 13.1 Å². The highest BCUT2D eigenvalue weighted by Crippen LogP contribution is 2.30. The molecule has 0 radical (unpaired) electrons. The van der Waals surface area contributed by atoms with Crippen LogP contribution in [0.4, 0.5) is 11.6 Å². The van der Waals surface area contributed by atoms with Crippen molar-refractivity contribution in [1.82, 2.24) is 4.98 Å². The lowest BCUT2D eigenvalue weighted by Crippen LogP contribution is -2.29. The van der Waals surface area contributed by atoms with E-state index in [4.69, 9.17) is 28.9 Å². The molecule has 0 saturated heterocycles. The summed E-state index contributed by atoms with van der Waals surface area (Å²) < 4.78 is 0. The number of rotatable bonds is 4. The smallest absolute Gasteiger partial charge is 0.149 e. The maximum Gasteiger partial charge on any atom is 0.149 e. The Kier molecular flexibility index (Phi) is 4.69. The highest BCUT2D eigenvalue weighted by atomic mass is 35.5. The van der Waals surface area contributed by atoms with Gasteiger partial charge >= 0.3 is 0 Å². The standard InChI is InChI=1S/C11H17Cl2N3/c1-4-5-7(2)16(3)11-9(13)6-8(12)10(14)15-11/h6-7H,4-5H2,1-3H3,(H2,14,15). The van der Waals surface area contributed by atoms with Crippen LogP contribution in [-0.4, -0.2) is 18.1 Å². The third-order valence-corrected chi connectivity index (χ3v) is 3.22. The van der Waals surface area contributed by atoms with Gasteiger partial charge in [0.05, 0.1) is 10.0 Å². The van der Waals surface area contributed by atoms with E-state index in [1.165, 1.54) is 0 Å². The molecule has 0 aromatic carbocycles. The van der Waals surface area contributed by atoms with Gasteiger partial charge < -0.3 is 10.6 Å². The highest BCUT2D eigenvalue weighted by Gasteiger charge is 2.15. The van der Waals surface area contributed by atoms with Crippen LogP contribution in [-0.2, 0) is 0 Å². The number of nitrogens with two attached hydrogens (primary N) is 1. The van der Waals surface area contributed by atoms with Crippen molar-refractivity contribution in [2.24, 2.45) is 0 Å². The monoisotopic (exact) mass is 261 g/mol. The van der Waals surface area contributed by atoms with Crippen molar-refractivity contribution < 1.29 is 0 Å². The van der Waals surface area contributed by atoms with Gasteiger partial charge in [-0.15, -0.1) is 0 Å². The molecule has 3 nitrogen and oxygen atoms in total. The fourth-order valence-corrected chi connectivity index (χ4v) is 2.03. The largest absolute Gasteiger partial charge is 0.382 e. The maximum absolute atomic E-state index is 6.10. The predicted molar refractivity (Wildman–Crippen MR) is 71.4 cm³/mol. The SMILES string of the molecule is CCCC(C)N(C)c1nc(N)c(Cl)cc1Cl. The topological polar surface area (TPSA) is 42.2 Å². The number of nitrogen functional groups attached to an aromatic ring is 1. The molecule has 0 aliphatic rings. The normalized spacial score (nSPS) is 12.6. The van der Waals surface area contributed by atoms with Crippen molar-refractivity contribution in [2.75, 3.05) is 17.7 Å². The van der Waals surface area contributed by atoms with E-state index in [1.807, 2.05) is 11.9 Å². The molecule has 0 saturated carbocycles. The van der Waals surface area contributed by atoms with E-state index in [0.29, 0.717) is 27.7 Å². The van der Waals surface area contributed by atoms with Crippen molar-refractivity contribution in [1.29, 1.82) is 0 Å². The van der Waals surface area contributed by atoms with E-state index in [2.05, 4.69) is 18.8 Å². The van der Waals surface area contributed by atoms with Crippen LogP contribution in [0.2, 0.25) is 10.0 Å². The average molecular weight is 262 g/mol. The quantitative estimate of drug-likeness (QED) is 0.901. The Morgan fingerprint density at radius 2 is 2.06 bits per heavy atom. The zero-order chi connectivity index (χ0) is 12.3. The molecule has 1 atom stereocenters. The van der Waals surface area contributed by atoms with Crippen LogP contribution < -0.4 is 10.6 Å². The Bertz CT molecular complexity index is 368. The number of anilines is 2. The van der Waals surface area contributed by atoms with Crippen LogP contribution in [0.1, 0.15) is 26.7 Å². The van der Waals surface area contributed by atoms with Gasteiger partial charge in [-0.05, 0) is 19.4 Å². The molecule has 0 aliphatic heterocycles. The number of pyridine rings is 1. The number of hydrogen-bond donors (Lipinski definition) is 1. The first-order valence-electron chi connectivity index (χ1n) is 5.31. The van der Waals surface area contributed by atoms with Crippen LogP contribution >= 0.6 is 23.2 Å². The van der Waals surface area contributed by atoms with E-state index in [-0.39, 0.29) is 0 Å². The highest BCUT2D eigenvalue weighted by molar-refractivity contribution is 6.37. The van der Waals surface area contributed by atoms with Gasteiger partial charge in [-0.1, -0.05) is 36.5 Å². The average Bonchev–Trinajstić information content (AvgIpc) is 2.23. The molecule has 0 fully saturated rings. The summed E-state index contributed by atoms with van der Waals surface area (Å²) >= 11 is 11.9. The molecule has 1 aromatic heterocycles. The molecular weight excluding hydrogens is 245 g/mol. The summed E-state index contributed by atoms with van der Waals surface area (Å²) in [6.07, 6.45) is 2.20. The molecule has 2 N–H and O–H groups in total. The fourth-order valence-electron chi connectivity index (χ4n) is 1.54. The van der Waals surface area contributed by atoms with Gasteiger partial charge in [0.15, 0.2) is 0 Å². The maximum atomic E-state index is 6.10. The van der Waals surface area contributed by atoms with E-state index in [0.717, 1.165) is 12.8 Å². The van der Waals surface area contributed by atoms with Gasteiger partial charge in [0.2, 0.25) is 0 Å². The molecule has 5 heteroatoms. The minimum absolute atomic E-state index is 0.316. The number of aromatic nitrogens is 1. The van der Waals surface area contributed by atoms with Gasteiger partial charge in [-0.2, -0.15) is 0 Å². The number of hydrogen-bond acceptors (Lipinski definition) is 3. The summed E-state index contributed by atoms with van der Waals surface area (Å²) in [7, 11) is 1.96. The summed E-state index contributed by atoms with van der Waals surface area (Å²) in [5.41, 5.74) is 5.67. The molecular formula is C11H17Cl2N3. The molecule has 16 heavy (non-hydrogen) atoms. The van der Waals surface area contributed by atoms with E-state index < -0.39 is 0 Å². The molecule has 1 rings (SSSR count). The lowest BCUT2D eigenvalue weighted by Gasteiger charge is -2.26. The Balaban J connectivity index is 2.99. The molecule has 0 amide bonds. The fraction of sp³-hybridized carbons (Fsp3) is 0.545. The summed E-state index contributed by atoms with van der Waals surface area (Å²) in [6, 6.07) is 2.01. The van der Waals surface area contributed by atoms with Crippen molar-refractivity contribution in [3.8, 4) is 0 Å². The van der Waals surface area contributed by atoms with Crippen molar-refractivity contribution in [3.05, 3.63) is 16.1 Å². The second-order valence-electron chi connectivity index (χ2n) is 3.91. The molecule has 1 unspecified atom stereocenters. The lowest BCUT2D eigenvalue weighted by atomic mass is 10.2. The van der Waals surface area contributed by atoms with Crippen molar-refractivity contribution in [3.63, 3.8) is 0 Å². The third kappa shape index (κ3) is 2.92. The van der Waals surface area contributed by atoms with Gasteiger partial charge in [0.25, 0.3) is 0 Å². The van der Waals surface area contributed by atoms with E-state index in [1.54, 1.807) is 6.07 Å². The minimum Gasteiger partial charge on any atom is -0.382 e. The predicted octanol–water partition coefficient (Wildman–Crippen LogP) is 3.60. The Morgan fingerprint density at radius 1 is 1.44 bits per heavy atom. The Morgan fingerprint density at radius 3 is 2.62 bits per heavy atom. The summed E-state index contributed by atoms with van der Waals surface area (Å²) in [6.45, 7) is 4.28. The first kappa shape index (κ1) is 13.4. The summed E-state index contributed by atoms with van der Waals surface area (Å²) in [5.74, 6) is 1.00. The molecule has 1 heterocycles. The van der Waals surface area contributed by atoms with Crippen LogP contribution in [0.3, 0.4) is 0 Å². The van der Waals surface area contributed by atoms with Crippen molar-refractivity contribution >= 4 is 34.8 Å². The summed E-state index contributed by atoms with van der Waals surface area (Å²) in [4.78, 5) is 6.24. The van der Waals surface area contributed by atoms with E-state index >= 15 is 0 Å². The molecule has 0 aliphatic carbocycles. The van der Waals surface area contributed by atoms with Gasteiger partial charge in [0.1, 0.15) is 11.6 Å². The van der Waals surface area contributed by atoms with Crippen LogP contribution in [0.25, 0.3) is 0 Å². The lowest BCUT2D eigenvalue weighted by molar-refractivity contribution is 0.611. The zero-order valence-electron chi connectivity index (χ0n) is 9.80. The first-order chi connectivity index (χ1) is 7.47. The zero-order valence-corrected chi connectivity index (χ0v) is 11.3. The number of halogens is 2. The van der Waals surface area contributed by atoms with E-state index in [9.17, 15) is 0 Å². The van der Waals surface area contributed by atoms with Gasteiger partial charge in [-0.3, -0.25) is 0 Å². The minimum atomic E-state index is 0.316. The Hall–Kier alpha value is -0.670. The first-order valence-corrected chi connectivity index (χ1v) is 6.07. The third-order valence-electron chi connectivity index (χ3n) is 2.64.